The Morgan fingerprint density at radius 2 is 1.71 bits per heavy atom. The van der Waals surface area contributed by atoms with Crippen molar-refractivity contribution in [1.82, 2.24) is 0 Å². The number of allylic oxidation sites excluding steroid dienone is 1. The van der Waals surface area contributed by atoms with Gasteiger partial charge in [-0.2, -0.15) is 0 Å². The molecule has 1 aromatic rings. The summed E-state index contributed by atoms with van der Waals surface area (Å²) in [7, 11) is 0. The van der Waals surface area contributed by atoms with Crippen LogP contribution in [-0.4, -0.2) is 47.7 Å². The van der Waals surface area contributed by atoms with Crippen LogP contribution >= 0.6 is 11.6 Å². The number of hydrogen-bond donors (Lipinski definition) is 2. The Balaban J connectivity index is 1.31. The molecule has 4 aliphatic carbocycles. The zero-order chi connectivity index (χ0) is 26.6. The minimum atomic E-state index is -0.986. The molecule has 38 heavy (non-hydrogen) atoms. The molecule has 208 valence electrons. The van der Waals surface area contributed by atoms with E-state index < -0.39 is 16.8 Å². The van der Waals surface area contributed by atoms with Gasteiger partial charge in [0.2, 0.25) is 6.79 Å². The quantitative estimate of drug-likeness (QED) is 0.458. The van der Waals surface area contributed by atoms with Crippen LogP contribution in [0.2, 0.25) is 5.02 Å². The molecule has 3 saturated carbocycles. The number of aliphatic hydroxyl groups is 2. The zero-order valence-electron chi connectivity index (χ0n) is 22.9. The predicted octanol–water partition coefficient (Wildman–Crippen LogP) is 5.80. The Kier molecular flexibility index (Phi) is 5.64. The van der Waals surface area contributed by atoms with Crippen LogP contribution in [0.3, 0.4) is 0 Å². The fourth-order valence-corrected chi connectivity index (χ4v) is 9.25. The number of aliphatic hydroxyl groups excluding tert-OH is 1. The van der Waals surface area contributed by atoms with E-state index in [-0.39, 0.29) is 23.7 Å². The van der Waals surface area contributed by atoms with Crippen LogP contribution in [0, 0.1) is 28.1 Å². The van der Waals surface area contributed by atoms with Crippen molar-refractivity contribution >= 4 is 11.6 Å². The van der Waals surface area contributed by atoms with Crippen LogP contribution in [0.1, 0.15) is 77.7 Å². The van der Waals surface area contributed by atoms with Gasteiger partial charge in [-0.05, 0) is 68.4 Å². The topological polar surface area (TPSA) is 77.4 Å². The standard InChI is InChI=1S/C31H41ClO6/c1-27(2)16-37-31(38-17-27)11-10-29(14-19-12-24-25(13-23(19)32)36-18-35-24)22-7-8-28(3)21(4-5-26(28)33)20(22)6-9-30(29,34)15-31/h7,12-13,20-21,26,33-34H,4-6,8-11,14-18H2,1-3H3/t20-,21-,26-,28-,29-,30+/m0/s1. The molecule has 0 unspecified atom stereocenters. The third-order valence-corrected chi connectivity index (χ3v) is 11.7. The molecule has 7 rings (SSSR count). The van der Waals surface area contributed by atoms with Crippen LogP contribution in [0.4, 0.5) is 0 Å². The maximum atomic E-state index is 12.8. The molecule has 6 nitrogen and oxygen atoms in total. The summed E-state index contributed by atoms with van der Waals surface area (Å²) in [4.78, 5) is 0. The summed E-state index contributed by atoms with van der Waals surface area (Å²) in [5.41, 5.74) is 0.783. The van der Waals surface area contributed by atoms with E-state index in [4.69, 9.17) is 30.5 Å². The van der Waals surface area contributed by atoms with E-state index in [1.165, 1.54) is 5.57 Å². The highest BCUT2D eigenvalue weighted by Crippen LogP contribution is 2.68. The number of ether oxygens (including phenoxy) is 4. The molecule has 1 saturated heterocycles. The maximum absolute atomic E-state index is 12.8. The Morgan fingerprint density at radius 1 is 0.974 bits per heavy atom. The van der Waals surface area contributed by atoms with Crippen molar-refractivity contribution in [2.75, 3.05) is 20.0 Å². The molecule has 1 aromatic carbocycles. The van der Waals surface area contributed by atoms with Crippen LogP contribution < -0.4 is 9.47 Å². The molecule has 2 heterocycles. The highest BCUT2D eigenvalue weighted by atomic mass is 35.5. The molecular weight excluding hydrogens is 504 g/mol. The largest absolute Gasteiger partial charge is 0.454 e. The summed E-state index contributed by atoms with van der Waals surface area (Å²) in [6, 6.07) is 3.87. The van der Waals surface area contributed by atoms with Gasteiger partial charge in [0.05, 0.1) is 24.9 Å². The van der Waals surface area contributed by atoms with Crippen molar-refractivity contribution < 1.29 is 29.2 Å². The third kappa shape index (κ3) is 3.59. The second kappa shape index (κ2) is 8.36. The van der Waals surface area contributed by atoms with E-state index in [1.807, 2.05) is 12.1 Å². The number of benzene rings is 1. The van der Waals surface area contributed by atoms with Gasteiger partial charge in [-0.25, -0.2) is 0 Å². The Labute approximate surface area is 230 Å². The normalized spacial score (nSPS) is 42.3. The molecule has 4 fully saturated rings. The van der Waals surface area contributed by atoms with Crippen LogP contribution in [0.25, 0.3) is 0 Å². The summed E-state index contributed by atoms with van der Waals surface area (Å²) in [5.74, 6) is 1.45. The van der Waals surface area contributed by atoms with Crippen LogP contribution in [0.5, 0.6) is 11.5 Å². The average Bonchev–Trinajstić information content (AvgIpc) is 3.45. The van der Waals surface area contributed by atoms with Gasteiger partial charge >= 0.3 is 0 Å². The lowest BCUT2D eigenvalue weighted by Gasteiger charge is -2.64. The van der Waals surface area contributed by atoms with Gasteiger partial charge in [0.1, 0.15) is 0 Å². The number of rotatable bonds is 2. The van der Waals surface area contributed by atoms with E-state index in [0.29, 0.717) is 60.8 Å². The highest BCUT2D eigenvalue weighted by molar-refractivity contribution is 6.31. The molecule has 6 atom stereocenters. The van der Waals surface area contributed by atoms with E-state index >= 15 is 0 Å². The first-order valence-corrected chi connectivity index (χ1v) is 14.8. The lowest BCUT2D eigenvalue weighted by Crippen LogP contribution is -2.66. The molecule has 0 amide bonds. The summed E-state index contributed by atoms with van der Waals surface area (Å²) < 4.78 is 24.2. The lowest BCUT2D eigenvalue weighted by molar-refractivity contribution is -0.343. The molecule has 2 aliphatic heterocycles. The van der Waals surface area contributed by atoms with Gasteiger partial charge < -0.3 is 29.2 Å². The van der Waals surface area contributed by atoms with E-state index in [0.717, 1.165) is 44.1 Å². The summed E-state index contributed by atoms with van der Waals surface area (Å²) in [6.45, 7) is 8.06. The molecule has 0 aromatic heterocycles. The van der Waals surface area contributed by atoms with Crippen LogP contribution in [0.15, 0.2) is 23.8 Å². The van der Waals surface area contributed by atoms with Crippen molar-refractivity contribution in [1.29, 1.82) is 0 Å². The lowest BCUT2D eigenvalue weighted by atomic mass is 9.45. The van der Waals surface area contributed by atoms with E-state index in [9.17, 15) is 10.2 Å². The first-order chi connectivity index (χ1) is 18.0. The van der Waals surface area contributed by atoms with Gasteiger partial charge in [-0.1, -0.05) is 44.0 Å². The smallest absolute Gasteiger partial charge is 0.231 e. The third-order valence-electron chi connectivity index (χ3n) is 11.3. The maximum Gasteiger partial charge on any atom is 0.231 e. The monoisotopic (exact) mass is 544 g/mol. The van der Waals surface area contributed by atoms with Gasteiger partial charge in [-0.15, -0.1) is 0 Å². The summed E-state index contributed by atoms with van der Waals surface area (Å²) in [6.07, 6.45) is 9.12. The predicted molar refractivity (Wildman–Crippen MR) is 143 cm³/mol. The van der Waals surface area contributed by atoms with Crippen molar-refractivity contribution in [2.24, 2.45) is 28.1 Å². The summed E-state index contributed by atoms with van der Waals surface area (Å²) >= 11 is 6.86. The molecule has 7 heteroatoms. The van der Waals surface area contributed by atoms with Gasteiger partial charge in [-0.3, -0.25) is 0 Å². The number of fused-ring (bicyclic) bond motifs is 6. The minimum Gasteiger partial charge on any atom is -0.454 e. The number of hydrogen-bond acceptors (Lipinski definition) is 6. The molecule has 0 radical (unpaired) electrons. The van der Waals surface area contributed by atoms with Gasteiger partial charge in [0.15, 0.2) is 17.3 Å². The molecule has 0 bridgehead atoms. The Hall–Kier alpha value is -1.31. The Bertz CT molecular complexity index is 1170. The number of halogens is 1. The van der Waals surface area contributed by atoms with Crippen molar-refractivity contribution in [3.8, 4) is 11.5 Å². The molecule has 2 N–H and O–H groups in total. The second-order valence-corrected chi connectivity index (χ2v) is 14.5. The second-order valence-electron chi connectivity index (χ2n) is 14.1. The van der Waals surface area contributed by atoms with Gasteiger partial charge in [0.25, 0.3) is 0 Å². The molecule has 1 spiro atoms. The van der Waals surface area contributed by atoms with E-state index in [2.05, 4.69) is 26.8 Å². The van der Waals surface area contributed by atoms with Crippen molar-refractivity contribution in [3.63, 3.8) is 0 Å². The van der Waals surface area contributed by atoms with Crippen molar-refractivity contribution in [2.45, 2.75) is 96.1 Å². The fraction of sp³-hybridized carbons (Fsp3) is 0.742. The molecule has 6 aliphatic rings. The molecular formula is C31H41ClO6. The van der Waals surface area contributed by atoms with E-state index in [1.54, 1.807) is 0 Å². The van der Waals surface area contributed by atoms with Crippen LogP contribution in [-0.2, 0) is 15.9 Å². The fourth-order valence-electron chi connectivity index (χ4n) is 9.03. The van der Waals surface area contributed by atoms with Crippen molar-refractivity contribution in [3.05, 3.63) is 34.4 Å². The minimum absolute atomic E-state index is 0.0280. The SMILES string of the molecule is CC1(C)COC2(CC[C@]3(Cc4cc5c(cc4Cl)OCO5)C4=CC[C@]5(C)[C@@H](O)CC[C@H]5[C@@H]4CC[C@@]3(O)C2)OC1. The first kappa shape index (κ1) is 25.6. The summed E-state index contributed by atoms with van der Waals surface area (Å²) in [5, 5.41) is 24.4. The average molecular weight is 545 g/mol. The Morgan fingerprint density at radius 3 is 2.47 bits per heavy atom. The zero-order valence-corrected chi connectivity index (χ0v) is 23.6. The first-order valence-electron chi connectivity index (χ1n) is 14.5. The van der Waals surface area contributed by atoms with Gasteiger partial charge in [0, 0.05) is 40.2 Å². The highest BCUT2D eigenvalue weighted by Gasteiger charge is 2.66.